The summed E-state index contributed by atoms with van der Waals surface area (Å²) in [5.74, 6) is -0.345. The maximum Gasteiger partial charge on any atom is 0.236 e. The molecule has 3 heteroatoms. The molecule has 3 aromatic carbocycles. The molecule has 0 heterocycles. The number of hydrogen-bond donors (Lipinski definition) is 1. The van der Waals surface area contributed by atoms with Crippen molar-refractivity contribution >= 4 is 34.2 Å². The largest absolute Gasteiger partial charge is 0.325 e. The molecule has 0 aliphatic carbocycles. The molecule has 126 valence electrons. The monoisotopic (exact) mass is 441 g/mol. The lowest BCUT2D eigenvalue weighted by Gasteiger charge is -2.19. The number of carbonyl (C=O) groups excluding carboxylic acids is 1. The quantitative estimate of drug-likeness (QED) is 0.519. The number of aryl methyl sites for hydroxylation is 2. The second kappa shape index (κ2) is 7.83. The lowest BCUT2D eigenvalue weighted by atomic mass is 9.90. The van der Waals surface area contributed by atoms with Crippen molar-refractivity contribution in [2.75, 3.05) is 5.32 Å². The molecular weight excluding hydrogens is 421 g/mol. The highest BCUT2D eigenvalue weighted by Crippen LogP contribution is 2.28. The number of rotatable bonds is 4. The Balaban J connectivity index is 1.97. The van der Waals surface area contributed by atoms with Crippen molar-refractivity contribution in [3.8, 4) is 0 Å². The van der Waals surface area contributed by atoms with Gasteiger partial charge in [-0.25, -0.2) is 0 Å². The molecule has 0 saturated carbocycles. The zero-order valence-corrected chi connectivity index (χ0v) is 16.4. The van der Waals surface area contributed by atoms with Crippen LogP contribution in [0.5, 0.6) is 0 Å². The van der Waals surface area contributed by atoms with Gasteiger partial charge in [0, 0.05) is 9.26 Å². The first-order valence-corrected chi connectivity index (χ1v) is 9.31. The second-order valence-corrected chi connectivity index (χ2v) is 7.32. The minimum atomic E-state index is -0.332. The Hall–Kier alpha value is -2.14. The summed E-state index contributed by atoms with van der Waals surface area (Å²) in [5.41, 5.74) is 5.10. The summed E-state index contributed by atoms with van der Waals surface area (Å²) >= 11 is 2.32. The molecule has 0 aliphatic heterocycles. The summed E-state index contributed by atoms with van der Waals surface area (Å²) in [5, 5.41) is 3.13. The first kappa shape index (κ1) is 17.7. The normalized spacial score (nSPS) is 10.7. The molecule has 3 rings (SSSR count). The second-order valence-electron chi connectivity index (χ2n) is 6.16. The molecule has 0 aliphatic rings. The van der Waals surface area contributed by atoms with Crippen LogP contribution in [0, 0.1) is 17.4 Å². The minimum Gasteiger partial charge on any atom is -0.325 e. The van der Waals surface area contributed by atoms with Gasteiger partial charge < -0.3 is 5.32 Å². The predicted molar refractivity (Wildman–Crippen MR) is 112 cm³/mol. The van der Waals surface area contributed by atoms with Gasteiger partial charge in [0.1, 0.15) is 0 Å². The van der Waals surface area contributed by atoms with Crippen LogP contribution >= 0.6 is 22.6 Å². The average molecular weight is 441 g/mol. The van der Waals surface area contributed by atoms with Crippen molar-refractivity contribution < 1.29 is 4.79 Å². The molecule has 25 heavy (non-hydrogen) atoms. The standard InChI is InChI=1S/C22H20INO/c1-15-14-20(16(2)13-19(15)23)24-22(25)21(17-9-5-3-6-10-17)18-11-7-4-8-12-18/h3-14,21H,1-2H3,(H,24,25). The fourth-order valence-corrected chi connectivity index (χ4v) is 3.53. The van der Waals surface area contributed by atoms with E-state index in [1.54, 1.807) is 0 Å². The van der Waals surface area contributed by atoms with E-state index in [4.69, 9.17) is 0 Å². The van der Waals surface area contributed by atoms with Gasteiger partial charge in [0.2, 0.25) is 5.91 Å². The third-order valence-corrected chi connectivity index (χ3v) is 5.45. The lowest BCUT2D eigenvalue weighted by Crippen LogP contribution is -2.22. The zero-order chi connectivity index (χ0) is 17.8. The Bertz CT molecular complexity index is 836. The maximum atomic E-state index is 13.1. The van der Waals surface area contributed by atoms with Crippen LogP contribution in [0.4, 0.5) is 5.69 Å². The van der Waals surface area contributed by atoms with Gasteiger partial charge in [0.15, 0.2) is 0 Å². The molecule has 0 radical (unpaired) electrons. The van der Waals surface area contributed by atoms with Gasteiger partial charge in [-0.3, -0.25) is 4.79 Å². The third kappa shape index (κ3) is 4.10. The molecule has 0 atom stereocenters. The number of hydrogen-bond acceptors (Lipinski definition) is 1. The summed E-state index contributed by atoms with van der Waals surface area (Å²) in [7, 11) is 0. The van der Waals surface area contributed by atoms with Crippen molar-refractivity contribution in [1.29, 1.82) is 0 Å². The fraction of sp³-hybridized carbons (Fsp3) is 0.136. The minimum absolute atomic E-state index is 0.0129. The third-order valence-electron chi connectivity index (χ3n) is 4.29. The van der Waals surface area contributed by atoms with Gasteiger partial charge in [0.25, 0.3) is 0 Å². The molecule has 0 bridgehead atoms. The summed E-state index contributed by atoms with van der Waals surface area (Å²) in [6.45, 7) is 4.08. The first-order valence-electron chi connectivity index (χ1n) is 8.24. The number of anilines is 1. The van der Waals surface area contributed by atoms with Crippen LogP contribution in [0.25, 0.3) is 0 Å². The summed E-state index contributed by atoms with van der Waals surface area (Å²) in [6, 6.07) is 24.0. The highest BCUT2D eigenvalue weighted by atomic mass is 127. The Morgan fingerprint density at radius 1 is 0.840 bits per heavy atom. The molecule has 0 spiro atoms. The summed E-state index contributed by atoms with van der Waals surface area (Å²) < 4.78 is 1.20. The molecule has 3 aromatic rings. The van der Waals surface area contributed by atoms with Crippen molar-refractivity contribution in [2.45, 2.75) is 19.8 Å². The lowest BCUT2D eigenvalue weighted by molar-refractivity contribution is -0.116. The predicted octanol–water partition coefficient (Wildman–Crippen LogP) is 5.68. The number of carbonyl (C=O) groups is 1. The molecule has 0 fully saturated rings. The van der Waals surface area contributed by atoms with Gasteiger partial charge >= 0.3 is 0 Å². The van der Waals surface area contributed by atoms with E-state index >= 15 is 0 Å². The van der Waals surface area contributed by atoms with E-state index in [0.717, 1.165) is 27.9 Å². The fourth-order valence-electron chi connectivity index (χ4n) is 2.91. The molecule has 2 nitrogen and oxygen atoms in total. The number of benzene rings is 3. The number of halogens is 1. The maximum absolute atomic E-state index is 13.1. The molecule has 0 aromatic heterocycles. The van der Waals surface area contributed by atoms with Gasteiger partial charge in [-0.1, -0.05) is 60.7 Å². The Kier molecular flexibility index (Phi) is 5.53. The van der Waals surface area contributed by atoms with Crippen LogP contribution in [-0.2, 0) is 4.79 Å². The molecule has 1 N–H and O–H groups in total. The van der Waals surface area contributed by atoms with Crippen LogP contribution in [-0.4, -0.2) is 5.91 Å². The van der Waals surface area contributed by atoms with E-state index in [1.807, 2.05) is 73.7 Å². The zero-order valence-electron chi connectivity index (χ0n) is 14.3. The first-order chi connectivity index (χ1) is 12.1. The SMILES string of the molecule is Cc1cc(NC(=O)C(c2ccccc2)c2ccccc2)c(C)cc1I. The highest BCUT2D eigenvalue weighted by Gasteiger charge is 2.23. The van der Waals surface area contributed by atoms with Crippen molar-refractivity contribution in [1.82, 2.24) is 0 Å². The molecular formula is C22H20INO. The summed E-state index contributed by atoms with van der Waals surface area (Å²) in [6.07, 6.45) is 0. The Morgan fingerprint density at radius 2 is 1.36 bits per heavy atom. The van der Waals surface area contributed by atoms with Crippen LogP contribution in [0.15, 0.2) is 72.8 Å². The molecule has 1 amide bonds. The van der Waals surface area contributed by atoms with Crippen molar-refractivity contribution in [3.63, 3.8) is 0 Å². The van der Waals surface area contributed by atoms with Gasteiger partial charge in [-0.2, -0.15) is 0 Å². The number of amides is 1. The van der Waals surface area contributed by atoms with Crippen LogP contribution < -0.4 is 5.32 Å². The van der Waals surface area contributed by atoms with Gasteiger partial charge in [0.05, 0.1) is 5.92 Å². The van der Waals surface area contributed by atoms with Crippen LogP contribution in [0.1, 0.15) is 28.2 Å². The summed E-state index contributed by atoms with van der Waals surface area (Å²) in [4.78, 5) is 13.1. The van der Waals surface area contributed by atoms with E-state index in [9.17, 15) is 4.79 Å². The number of nitrogens with one attached hydrogen (secondary N) is 1. The van der Waals surface area contributed by atoms with Crippen LogP contribution in [0.3, 0.4) is 0 Å². The van der Waals surface area contributed by atoms with E-state index in [1.165, 1.54) is 3.57 Å². The van der Waals surface area contributed by atoms with E-state index in [0.29, 0.717) is 0 Å². The van der Waals surface area contributed by atoms with E-state index in [-0.39, 0.29) is 11.8 Å². The molecule has 0 unspecified atom stereocenters. The Labute approximate surface area is 162 Å². The highest BCUT2D eigenvalue weighted by molar-refractivity contribution is 14.1. The topological polar surface area (TPSA) is 29.1 Å². The smallest absolute Gasteiger partial charge is 0.236 e. The van der Waals surface area contributed by atoms with Crippen LogP contribution in [0.2, 0.25) is 0 Å². The van der Waals surface area contributed by atoms with Crippen molar-refractivity contribution in [2.24, 2.45) is 0 Å². The van der Waals surface area contributed by atoms with Crippen molar-refractivity contribution in [3.05, 3.63) is 98.6 Å². The Morgan fingerprint density at radius 3 is 1.88 bits per heavy atom. The van der Waals surface area contributed by atoms with Gasteiger partial charge in [-0.15, -0.1) is 0 Å². The average Bonchev–Trinajstić information content (AvgIpc) is 2.62. The van der Waals surface area contributed by atoms with E-state index < -0.39 is 0 Å². The van der Waals surface area contributed by atoms with E-state index in [2.05, 4.69) is 40.9 Å². The molecule has 0 saturated heterocycles. The van der Waals surface area contributed by atoms with Gasteiger partial charge in [-0.05, 0) is 70.8 Å².